The van der Waals surface area contributed by atoms with Crippen LogP contribution in [0.5, 0.6) is 5.75 Å². The van der Waals surface area contributed by atoms with E-state index in [-0.39, 0.29) is 6.03 Å². The minimum Gasteiger partial charge on any atom is -0.497 e. The highest BCUT2D eigenvalue weighted by Gasteiger charge is 2.23. The average molecular weight is 470 g/mol. The lowest BCUT2D eigenvalue weighted by atomic mass is 10.2. The zero-order valence-electron chi connectivity index (χ0n) is 20.1. The molecule has 0 unspecified atom stereocenters. The van der Waals surface area contributed by atoms with Crippen LogP contribution in [0.1, 0.15) is 17.0 Å². The number of carbonyl (C=O) groups excluding carboxylic acids is 1. The maximum absolute atomic E-state index is 12.7. The van der Waals surface area contributed by atoms with E-state index in [0.717, 1.165) is 54.3 Å². The molecule has 0 saturated carbocycles. The van der Waals surface area contributed by atoms with Crippen LogP contribution in [0.2, 0.25) is 0 Å². The normalized spacial score (nSPS) is 14.3. The molecule has 0 bridgehead atoms. The average Bonchev–Trinajstić information content (AvgIpc) is 3.25. The number of fused-ring (bicyclic) bond motifs is 1. The summed E-state index contributed by atoms with van der Waals surface area (Å²) in [6, 6.07) is 26.6. The van der Waals surface area contributed by atoms with Crippen molar-refractivity contribution in [1.82, 2.24) is 24.7 Å². The minimum absolute atomic E-state index is 0.0169. The number of piperazine rings is 1. The first kappa shape index (κ1) is 22.9. The number of nitrogens with one attached hydrogen (secondary N) is 1. The summed E-state index contributed by atoms with van der Waals surface area (Å²) in [5.41, 5.74) is 4.49. The predicted molar refractivity (Wildman–Crippen MR) is 137 cm³/mol. The Balaban J connectivity index is 1.19. The quantitative estimate of drug-likeness (QED) is 0.442. The topological polar surface area (TPSA) is 62.6 Å². The van der Waals surface area contributed by atoms with Crippen molar-refractivity contribution < 1.29 is 9.53 Å². The fraction of sp³-hybridized carbons (Fsp3) is 0.286. The summed E-state index contributed by atoms with van der Waals surface area (Å²) in [4.78, 5) is 21.9. The summed E-state index contributed by atoms with van der Waals surface area (Å²) in [5.74, 6) is 1.88. The molecule has 0 spiro atoms. The molecule has 0 aliphatic carbocycles. The highest BCUT2D eigenvalue weighted by molar-refractivity contribution is 5.76. The second-order valence-corrected chi connectivity index (χ2v) is 8.86. The molecule has 2 amide bonds. The van der Waals surface area contributed by atoms with Crippen molar-refractivity contribution in [3.8, 4) is 5.75 Å². The number of carbonyl (C=O) groups is 1. The maximum Gasteiger partial charge on any atom is 0.317 e. The Hall–Kier alpha value is -3.84. The van der Waals surface area contributed by atoms with Crippen molar-refractivity contribution in [1.29, 1.82) is 0 Å². The van der Waals surface area contributed by atoms with Gasteiger partial charge in [-0.05, 0) is 35.4 Å². The largest absolute Gasteiger partial charge is 0.497 e. The van der Waals surface area contributed by atoms with E-state index in [9.17, 15) is 4.79 Å². The molecule has 1 N–H and O–H groups in total. The van der Waals surface area contributed by atoms with E-state index >= 15 is 0 Å². The molecule has 35 heavy (non-hydrogen) atoms. The van der Waals surface area contributed by atoms with Gasteiger partial charge in [-0.3, -0.25) is 4.90 Å². The van der Waals surface area contributed by atoms with Crippen molar-refractivity contribution in [2.24, 2.45) is 0 Å². The summed E-state index contributed by atoms with van der Waals surface area (Å²) < 4.78 is 7.51. The first-order chi connectivity index (χ1) is 17.2. The smallest absolute Gasteiger partial charge is 0.317 e. The van der Waals surface area contributed by atoms with E-state index in [0.29, 0.717) is 19.6 Å². The van der Waals surface area contributed by atoms with Gasteiger partial charge in [0.2, 0.25) is 0 Å². The number of methoxy groups -OCH3 is 1. The molecule has 1 aliphatic rings. The van der Waals surface area contributed by atoms with Crippen LogP contribution < -0.4 is 10.1 Å². The zero-order valence-corrected chi connectivity index (χ0v) is 20.1. The Kier molecular flexibility index (Phi) is 6.95. The van der Waals surface area contributed by atoms with Crippen LogP contribution in [-0.2, 0) is 19.6 Å². The van der Waals surface area contributed by atoms with Crippen LogP contribution >= 0.6 is 0 Å². The van der Waals surface area contributed by atoms with Crippen LogP contribution in [0.15, 0.2) is 78.9 Å². The number of aromatic nitrogens is 2. The maximum atomic E-state index is 12.7. The van der Waals surface area contributed by atoms with E-state index in [4.69, 9.17) is 9.72 Å². The molecule has 7 heteroatoms. The number of hydrogen-bond donors (Lipinski definition) is 1. The standard InChI is InChI=1S/C28H31N5O2/c1-35-24-13-11-22(12-14-24)19-29-28(34)32-17-15-31(16-18-32)21-27-30-25-9-5-6-10-26(25)33(27)20-23-7-3-2-4-8-23/h2-14H,15-21H2,1H3,(H,29,34). The summed E-state index contributed by atoms with van der Waals surface area (Å²) in [6.07, 6.45) is 0. The van der Waals surface area contributed by atoms with Gasteiger partial charge >= 0.3 is 6.03 Å². The van der Waals surface area contributed by atoms with Gasteiger partial charge in [-0.2, -0.15) is 0 Å². The Bertz CT molecular complexity index is 1260. The Morgan fingerprint density at radius 1 is 0.857 bits per heavy atom. The molecule has 7 nitrogen and oxygen atoms in total. The number of ether oxygens (including phenoxy) is 1. The summed E-state index contributed by atoms with van der Waals surface area (Å²) in [5, 5.41) is 3.04. The lowest BCUT2D eigenvalue weighted by Crippen LogP contribution is -2.51. The third kappa shape index (κ3) is 5.46. The van der Waals surface area contributed by atoms with Crippen molar-refractivity contribution in [3.05, 3.63) is 95.8 Å². The van der Waals surface area contributed by atoms with E-state index in [1.807, 2.05) is 41.3 Å². The van der Waals surface area contributed by atoms with Gasteiger partial charge in [0.25, 0.3) is 0 Å². The first-order valence-corrected chi connectivity index (χ1v) is 12.1. The molecule has 4 aromatic rings. The second kappa shape index (κ2) is 10.6. The van der Waals surface area contributed by atoms with Crippen molar-refractivity contribution in [2.45, 2.75) is 19.6 Å². The van der Waals surface area contributed by atoms with Crippen LogP contribution in [-0.4, -0.2) is 58.7 Å². The fourth-order valence-electron chi connectivity index (χ4n) is 4.53. The van der Waals surface area contributed by atoms with E-state index in [1.165, 1.54) is 5.56 Å². The molecule has 0 atom stereocenters. The number of nitrogens with zero attached hydrogens (tertiary/aromatic N) is 4. The first-order valence-electron chi connectivity index (χ1n) is 12.1. The van der Waals surface area contributed by atoms with Gasteiger partial charge in [0, 0.05) is 39.3 Å². The molecular formula is C28H31N5O2. The van der Waals surface area contributed by atoms with E-state index < -0.39 is 0 Å². The van der Waals surface area contributed by atoms with E-state index in [2.05, 4.69) is 57.2 Å². The van der Waals surface area contributed by atoms with Gasteiger partial charge in [0.05, 0.1) is 24.7 Å². The number of urea groups is 1. The third-order valence-electron chi connectivity index (χ3n) is 6.54. The molecule has 3 aromatic carbocycles. The Morgan fingerprint density at radius 3 is 2.31 bits per heavy atom. The molecule has 1 aliphatic heterocycles. The molecule has 180 valence electrons. The number of imidazole rings is 1. The van der Waals surface area contributed by atoms with Gasteiger partial charge in [0.15, 0.2) is 0 Å². The number of amides is 2. The van der Waals surface area contributed by atoms with Crippen molar-refractivity contribution in [3.63, 3.8) is 0 Å². The third-order valence-corrected chi connectivity index (χ3v) is 6.54. The lowest BCUT2D eigenvalue weighted by molar-refractivity contribution is 0.132. The highest BCUT2D eigenvalue weighted by Crippen LogP contribution is 2.20. The number of rotatable bonds is 7. The Morgan fingerprint density at radius 2 is 1.57 bits per heavy atom. The van der Waals surface area contributed by atoms with Crippen molar-refractivity contribution in [2.75, 3.05) is 33.3 Å². The van der Waals surface area contributed by atoms with Crippen LogP contribution in [0, 0.1) is 0 Å². The predicted octanol–water partition coefficient (Wildman–Crippen LogP) is 4.12. The molecule has 1 saturated heterocycles. The highest BCUT2D eigenvalue weighted by atomic mass is 16.5. The monoisotopic (exact) mass is 469 g/mol. The van der Waals surface area contributed by atoms with Gasteiger partial charge in [-0.25, -0.2) is 9.78 Å². The molecule has 1 fully saturated rings. The lowest BCUT2D eigenvalue weighted by Gasteiger charge is -2.34. The molecule has 5 rings (SSSR count). The number of para-hydroxylation sites is 2. The fourth-order valence-corrected chi connectivity index (χ4v) is 4.53. The minimum atomic E-state index is -0.0169. The molecule has 0 radical (unpaired) electrons. The number of benzene rings is 3. The van der Waals surface area contributed by atoms with Crippen LogP contribution in [0.4, 0.5) is 4.79 Å². The van der Waals surface area contributed by atoms with E-state index in [1.54, 1.807) is 7.11 Å². The SMILES string of the molecule is COc1ccc(CNC(=O)N2CCN(Cc3nc4ccccc4n3Cc3ccccc3)CC2)cc1. The van der Waals surface area contributed by atoms with Gasteiger partial charge in [-0.1, -0.05) is 54.6 Å². The van der Waals surface area contributed by atoms with Crippen LogP contribution in [0.25, 0.3) is 11.0 Å². The Labute approximate surface area is 205 Å². The summed E-state index contributed by atoms with van der Waals surface area (Å²) in [7, 11) is 1.65. The van der Waals surface area contributed by atoms with Gasteiger partial charge in [-0.15, -0.1) is 0 Å². The van der Waals surface area contributed by atoms with Crippen LogP contribution in [0.3, 0.4) is 0 Å². The van der Waals surface area contributed by atoms with Gasteiger partial charge in [0.1, 0.15) is 11.6 Å². The summed E-state index contributed by atoms with van der Waals surface area (Å²) in [6.45, 7) is 5.12. The number of hydrogen-bond acceptors (Lipinski definition) is 4. The van der Waals surface area contributed by atoms with Gasteiger partial charge < -0.3 is 19.5 Å². The second-order valence-electron chi connectivity index (χ2n) is 8.86. The zero-order chi connectivity index (χ0) is 24.0. The molecule has 1 aromatic heterocycles. The molecular weight excluding hydrogens is 438 g/mol. The molecule has 2 heterocycles. The summed E-state index contributed by atoms with van der Waals surface area (Å²) >= 11 is 0. The van der Waals surface area contributed by atoms with Crippen molar-refractivity contribution >= 4 is 17.1 Å².